The Morgan fingerprint density at radius 3 is 2.59 bits per heavy atom. The van der Waals surface area contributed by atoms with E-state index in [1.807, 2.05) is 0 Å². The van der Waals surface area contributed by atoms with Gasteiger partial charge in [-0.3, -0.25) is 14.5 Å². The molecule has 0 spiro atoms. The summed E-state index contributed by atoms with van der Waals surface area (Å²) in [5.74, 6) is -0.0438. The number of halogens is 1. The average molecular weight is 403 g/mol. The van der Waals surface area contributed by atoms with E-state index in [4.69, 9.17) is 4.74 Å². The number of benzene rings is 1. The van der Waals surface area contributed by atoms with Gasteiger partial charge >= 0.3 is 0 Å². The number of para-hydroxylation sites is 1. The number of ether oxygens (including phenoxy) is 1. The largest absolute Gasteiger partial charge is 0.493 e. The van der Waals surface area contributed by atoms with Crippen LogP contribution in [0.3, 0.4) is 0 Å². The second kappa shape index (κ2) is 8.69. The highest BCUT2D eigenvalue weighted by Gasteiger charge is 2.38. The first-order chi connectivity index (χ1) is 14.0. The molecule has 2 aliphatic carbocycles. The van der Waals surface area contributed by atoms with Gasteiger partial charge in [0.05, 0.1) is 12.7 Å². The van der Waals surface area contributed by atoms with Crippen molar-refractivity contribution in [3.63, 3.8) is 0 Å². The lowest BCUT2D eigenvalue weighted by atomic mass is 10.1. The number of carbonyl (C=O) groups excluding carboxylic acids is 2. The van der Waals surface area contributed by atoms with Crippen LogP contribution in [0, 0.1) is 11.7 Å². The molecular formula is C22H30FN3O3. The van der Waals surface area contributed by atoms with E-state index in [-0.39, 0.29) is 35.2 Å². The summed E-state index contributed by atoms with van der Waals surface area (Å²) in [5.41, 5.74) is 0.208. The van der Waals surface area contributed by atoms with Crippen LogP contribution >= 0.6 is 0 Å². The third-order valence-electron chi connectivity index (χ3n) is 6.21. The molecule has 0 radical (unpaired) electrons. The van der Waals surface area contributed by atoms with E-state index in [0.29, 0.717) is 24.9 Å². The molecule has 0 aromatic heterocycles. The Kier molecular flexibility index (Phi) is 6.04. The fraction of sp³-hybridized carbons (Fsp3) is 0.636. The zero-order valence-electron chi connectivity index (χ0n) is 17.0. The highest BCUT2D eigenvalue weighted by molar-refractivity contribution is 5.97. The molecule has 1 aliphatic heterocycles. The minimum atomic E-state index is -0.543. The van der Waals surface area contributed by atoms with Gasteiger partial charge in [-0.05, 0) is 56.6 Å². The Bertz CT molecular complexity index is 764. The van der Waals surface area contributed by atoms with Gasteiger partial charge in [0, 0.05) is 37.6 Å². The summed E-state index contributed by atoms with van der Waals surface area (Å²) in [6, 6.07) is 5.19. The number of likely N-dealkylation sites (tertiary alicyclic amines) is 1. The van der Waals surface area contributed by atoms with E-state index in [0.717, 1.165) is 32.2 Å². The van der Waals surface area contributed by atoms with Gasteiger partial charge in [-0.2, -0.15) is 0 Å². The Labute approximate surface area is 171 Å². The SMILES string of the molecule is COc1c(F)cccc1C(=O)NC[C@@H]1CC[C@H](CC(=O)NC2CC2)N1CC1CC1. The molecule has 3 aliphatic rings. The van der Waals surface area contributed by atoms with Crippen molar-refractivity contribution < 1.29 is 18.7 Å². The number of hydrogen-bond acceptors (Lipinski definition) is 4. The van der Waals surface area contributed by atoms with Crippen molar-refractivity contribution in [3.05, 3.63) is 29.6 Å². The number of methoxy groups -OCH3 is 1. The van der Waals surface area contributed by atoms with Crippen LogP contribution in [0.4, 0.5) is 4.39 Å². The Hall–Kier alpha value is -2.15. The van der Waals surface area contributed by atoms with Crippen molar-refractivity contribution in [2.24, 2.45) is 5.92 Å². The van der Waals surface area contributed by atoms with Crippen molar-refractivity contribution in [2.75, 3.05) is 20.2 Å². The molecule has 1 heterocycles. The zero-order valence-corrected chi connectivity index (χ0v) is 17.0. The van der Waals surface area contributed by atoms with Gasteiger partial charge in [-0.25, -0.2) is 4.39 Å². The molecule has 2 atom stereocenters. The summed E-state index contributed by atoms with van der Waals surface area (Å²) < 4.78 is 18.9. The molecule has 29 heavy (non-hydrogen) atoms. The lowest BCUT2D eigenvalue weighted by Gasteiger charge is -2.30. The van der Waals surface area contributed by atoms with E-state index in [2.05, 4.69) is 15.5 Å². The Balaban J connectivity index is 1.36. The third kappa shape index (κ3) is 5.07. The van der Waals surface area contributed by atoms with Gasteiger partial charge < -0.3 is 15.4 Å². The quantitative estimate of drug-likeness (QED) is 0.665. The van der Waals surface area contributed by atoms with Crippen LogP contribution in [0.2, 0.25) is 0 Å². The number of amides is 2. The molecule has 3 fully saturated rings. The normalized spacial score (nSPS) is 24.3. The Morgan fingerprint density at radius 1 is 1.14 bits per heavy atom. The molecule has 6 nitrogen and oxygen atoms in total. The third-order valence-corrected chi connectivity index (χ3v) is 6.21. The summed E-state index contributed by atoms with van der Waals surface area (Å²) >= 11 is 0. The van der Waals surface area contributed by atoms with E-state index < -0.39 is 5.82 Å². The number of nitrogens with one attached hydrogen (secondary N) is 2. The molecule has 158 valence electrons. The smallest absolute Gasteiger partial charge is 0.255 e. The monoisotopic (exact) mass is 403 g/mol. The number of hydrogen-bond donors (Lipinski definition) is 2. The van der Waals surface area contributed by atoms with Crippen LogP contribution in [0.25, 0.3) is 0 Å². The molecular weight excluding hydrogens is 373 g/mol. The average Bonchev–Trinajstić information content (AvgIpc) is 3.62. The molecule has 2 amide bonds. The second-order valence-electron chi connectivity index (χ2n) is 8.60. The van der Waals surface area contributed by atoms with Crippen LogP contribution in [-0.4, -0.2) is 55.0 Å². The van der Waals surface area contributed by atoms with Gasteiger partial charge in [-0.15, -0.1) is 0 Å². The highest BCUT2D eigenvalue weighted by Crippen LogP contribution is 2.35. The van der Waals surface area contributed by atoms with Crippen LogP contribution in [0.5, 0.6) is 5.75 Å². The summed E-state index contributed by atoms with van der Waals surface area (Å²) in [7, 11) is 1.36. The van der Waals surface area contributed by atoms with Gasteiger partial charge in [0.2, 0.25) is 5.91 Å². The molecule has 4 rings (SSSR count). The van der Waals surface area contributed by atoms with Crippen LogP contribution in [-0.2, 0) is 4.79 Å². The first kappa shape index (κ1) is 20.1. The standard InChI is InChI=1S/C22H30FN3O3/c1-29-21-18(3-2-4-19(21)23)22(28)24-12-17-10-9-16(26(17)13-14-5-6-14)11-20(27)25-15-7-8-15/h2-4,14-17H,5-13H2,1H3,(H,24,28)(H,25,27)/t16-,17+/m1/s1. The minimum Gasteiger partial charge on any atom is -0.493 e. The number of rotatable bonds is 9. The number of nitrogens with zero attached hydrogens (tertiary/aromatic N) is 1. The maximum absolute atomic E-state index is 13.9. The maximum Gasteiger partial charge on any atom is 0.255 e. The molecule has 0 unspecified atom stereocenters. The lowest BCUT2D eigenvalue weighted by molar-refractivity contribution is -0.122. The molecule has 2 N–H and O–H groups in total. The molecule has 1 aromatic rings. The highest BCUT2D eigenvalue weighted by atomic mass is 19.1. The van der Waals surface area contributed by atoms with Crippen molar-refractivity contribution in [1.82, 2.24) is 15.5 Å². The summed E-state index contributed by atoms with van der Waals surface area (Å²) in [4.78, 5) is 27.3. The minimum absolute atomic E-state index is 0.0270. The Morgan fingerprint density at radius 2 is 1.90 bits per heavy atom. The van der Waals surface area contributed by atoms with E-state index in [9.17, 15) is 14.0 Å². The molecule has 7 heteroatoms. The fourth-order valence-corrected chi connectivity index (χ4v) is 4.28. The van der Waals surface area contributed by atoms with Gasteiger partial charge in [0.15, 0.2) is 11.6 Å². The second-order valence-corrected chi connectivity index (χ2v) is 8.60. The first-order valence-corrected chi connectivity index (χ1v) is 10.7. The van der Waals surface area contributed by atoms with Crippen LogP contribution in [0.1, 0.15) is 55.3 Å². The predicted molar refractivity (Wildman–Crippen MR) is 107 cm³/mol. The predicted octanol–water partition coefficient (Wildman–Crippen LogP) is 2.48. The molecule has 1 saturated heterocycles. The first-order valence-electron chi connectivity index (χ1n) is 10.7. The summed E-state index contributed by atoms with van der Waals surface area (Å²) in [6.07, 6.45) is 7.14. The van der Waals surface area contributed by atoms with Crippen molar-refractivity contribution >= 4 is 11.8 Å². The van der Waals surface area contributed by atoms with Gasteiger partial charge in [-0.1, -0.05) is 6.07 Å². The van der Waals surface area contributed by atoms with Crippen molar-refractivity contribution in [3.8, 4) is 5.75 Å². The maximum atomic E-state index is 13.9. The topological polar surface area (TPSA) is 70.7 Å². The molecule has 1 aromatic carbocycles. The van der Waals surface area contributed by atoms with Gasteiger partial charge in [0.1, 0.15) is 0 Å². The fourth-order valence-electron chi connectivity index (χ4n) is 4.28. The van der Waals surface area contributed by atoms with E-state index in [1.54, 1.807) is 6.07 Å². The van der Waals surface area contributed by atoms with E-state index in [1.165, 1.54) is 32.1 Å². The van der Waals surface area contributed by atoms with Crippen LogP contribution in [0.15, 0.2) is 18.2 Å². The number of carbonyl (C=O) groups is 2. The molecule has 0 bridgehead atoms. The summed E-state index contributed by atoms with van der Waals surface area (Å²) in [5, 5.41) is 6.04. The lowest BCUT2D eigenvalue weighted by Crippen LogP contribution is -2.45. The summed E-state index contributed by atoms with van der Waals surface area (Å²) in [6.45, 7) is 1.48. The van der Waals surface area contributed by atoms with Crippen molar-refractivity contribution in [1.29, 1.82) is 0 Å². The van der Waals surface area contributed by atoms with Gasteiger partial charge in [0.25, 0.3) is 5.91 Å². The van der Waals surface area contributed by atoms with Crippen molar-refractivity contribution in [2.45, 2.75) is 63.1 Å². The zero-order chi connectivity index (χ0) is 20.4. The van der Waals surface area contributed by atoms with E-state index >= 15 is 0 Å². The van der Waals surface area contributed by atoms with Crippen LogP contribution < -0.4 is 15.4 Å². The molecule has 2 saturated carbocycles.